The van der Waals surface area contributed by atoms with Crippen LogP contribution in [0.1, 0.15) is 43.8 Å². The molecule has 0 N–H and O–H groups in total. The number of benzene rings is 3. The molecule has 28 heavy (non-hydrogen) atoms. The summed E-state index contributed by atoms with van der Waals surface area (Å²) in [6, 6.07) is 22.0. The summed E-state index contributed by atoms with van der Waals surface area (Å²) in [5, 5.41) is 0. The summed E-state index contributed by atoms with van der Waals surface area (Å²) < 4.78 is 0. The maximum absolute atomic E-state index is 12.5. The van der Waals surface area contributed by atoms with Crippen LogP contribution in [0.3, 0.4) is 0 Å². The average molecular weight is 369 g/mol. The summed E-state index contributed by atoms with van der Waals surface area (Å²) in [6.07, 6.45) is 1.58. The van der Waals surface area contributed by atoms with E-state index in [2.05, 4.69) is 56.3 Å². The highest BCUT2D eigenvalue weighted by Crippen LogP contribution is 2.28. The van der Waals surface area contributed by atoms with Gasteiger partial charge in [0.1, 0.15) is 0 Å². The zero-order chi connectivity index (χ0) is 19.7. The van der Waals surface area contributed by atoms with Crippen LogP contribution in [0.25, 0.3) is 11.1 Å². The fourth-order valence-corrected chi connectivity index (χ4v) is 4.04. The third kappa shape index (κ3) is 3.24. The maximum Gasteiger partial charge on any atom is 0.261 e. The third-order valence-corrected chi connectivity index (χ3v) is 5.42. The Kier molecular flexibility index (Phi) is 4.82. The zero-order valence-corrected chi connectivity index (χ0v) is 16.2. The van der Waals surface area contributed by atoms with Crippen LogP contribution in [-0.4, -0.2) is 23.3 Å². The number of nitrogens with zero attached hydrogens (tertiary/aromatic N) is 1. The summed E-state index contributed by atoms with van der Waals surface area (Å²) in [5.41, 5.74) is 7.29. The van der Waals surface area contributed by atoms with E-state index in [9.17, 15) is 9.59 Å². The Hall–Kier alpha value is -3.20. The van der Waals surface area contributed by atoms with Crippen molar-refractivity contribution in [1.29, 1.82) is 0 Å². The first kappa shape index (κ1) is 18.2. The molecule has 0 aliphatic carbocycles. The highest BCUT2D eigenvalue weighted by molar-refractivity contribution is 6.21. The molecule has 1 aliphatic rings. The van der Waals surface area contributed by atoms with Gasteiger partial charge in [0.05, 0.1) is 11.1 Å². The van der Waals surface area contributed by atoms with Crippen LogP contribution in [0, 0.1) is 13.8 Å². The monoisotopic (exact) mass is 369 g/mol. The van der Waals surface area contributed by atoms with E-state index < -0.39 is 0 Å². The summed E-state index contributed by atoms with van der Waals surface area (Å²) >= 11 is 0. The Morgan fingerprint density at radius 2 is 1.36 bits per heavy atom. The van der Waals surface area contributed by atoms with Crippen LogP contribution >= 0.6 is 0 Å². The van der Waals surface area contributed by atoms with Crippen molar-refractivity contribution >= 4 is 11.8 Å². The van der Waals surface area contributed by atoms with Crippen molar-refractivity contribution in [2.24, 2.45) is 0 Å². The normalized spacial score (nSPS) is 13.1. The van der Waals surface area contributed by atoms with Crippen LogP contribution in [0.4, 0.5) is 0 Å². The lowest BCUT2D eigenvalue weighted by Crippen LogP contribution is -2.30. The van der Waals surface area contributed by atoms with Crippen LogP contribution in [0.5, 0.6) is 0 Å². The van der Waals surface area contributed by atoms with Gasteiger partial charge in [-0.1, -0.05) is 54.6 Å². The van der Waals surface area contributed by atoms with E-state index in [1.807, 2.05) is 0 Å². The van der Waals surface area contributed by atoms with Gasteiger partial charge >= 0.3 is 0 Å². The first-order valence-electron chi connectivity index (χ1n) is 9.67. The van der Waals surface area contributed by atoms with Crippen molar-refractivity contribution in [3.8, 4) is 11.1 Å². The first-order valence-corrected chi connectivity index (χ1v) is 9.67. The Morgan fingerprint density at radius 3 is 2.00 bits per heavy atom. The van der Waals surface area contributed by atoms with Crippen LogP contribution in [0.15, 0.2) is 66.7 Å². The van der Waals surface area contributed by atoms with E-state index in [1.54, 1.807) is 24.3 Å². The second kappa shape index (κ2) is 7.43. The van der Waals surface area contributed by atoms with E-state index in [0.717, 1.165) is 12.8 Å². The SMILES string of the molecule is Cc1cccc(C)c1-c1cccc(CCCN2C(=O)c3ccccc3C2=O)c1. The molecule has 0 fully saturated rings. The molecule has 1 heterocycles. The van der Waals surface area contributed by atoms with Gasteiger partial charge in [0.15, 0.2) is 0 Å². The molecule has 0 bridgehead atoms. The molecule has 0 unspecified atom stereocenters. The van der Waals surface area contributed by atoms with Gasteiger partial charge in [-0.2, -0.15) is 0 Å². The number of hydrogen-bond donors (Lipinski definition) is 0. The minimum absolute atomic E-state index is 0.176. The topological polar surface area (TPSA) is 37.4 Å². The molecule has 4 rings (SSSR count). The Bertz CT molecular complexity index is 1010. The van der Waals surface area contributed by atoms with E-state index in [0.29, 0.717) is 17.7 Å². The molecular weight excluding hydrogens is 346 g/mol. The van der Waals surface area contributed by atoms with Gasteiger partial charge in [-0.25, -0.2) is 0 Å². The standard InChI is InChI=1S/C25H23NO2/c1-17-8-5-9-18(2)23(17)20-12-6-10-19(16-20)11-7-15-26-24(27)21-13-3-4-14-22(21)25(26)28/h3-6,8-10,12-14,16H,7,11,15H2,1-2H3. The Morgan fingerprint density at radius 1 is 0.750 bits per heavy atom. The minimum Gasteiger partial charge on any atom is -0.274 e. The molecule has 3 aromatic carbocycles. The van der Waals surface area contributed by atoms with Gasteiger partial charge < -0.3 is 0 Å². The second-order valence-electron chi connectivity index (χ2n) is 7.38. The molecule has 0 saturated carbocycles. The number of carbonyl (C=O) groups is 2. The maximum atomic E-state index is 12.5. The number of fused-ring (bicyclic) bond motifs is 1. The van der Waals surface area contributed by atoms with Crippen molar-refractivity contribution in [2.75, 3.05) is 6.54 Å². The molecule has 0 atom stereocenters. The molecule has 3 nitrogen and oxygen atoms in total. The molecule has 0 spiro atoms. The molecule has 3 aromatic rings. The second-order valence-corrected chi connectivity index (χ2v) is 7.38. The van der Waals surface area contributed by atoms with Crippen LogP contribution < -0.4 is 0 Å². The van der Waals surface area contributed by atoms with Crippen LogP contribution in [-0.2, 0) is 6.42 Å². The van der Waals surface area contributed by atoms with Gasteiger partial charge in [-0.05, 0) is 66.6 Å². The third-order valence-electron chi connectivity index (χ3n) is 5.42. The van der Waals surface area contributed by atoms with Gasteiger partial charge in [0.2, 0.25) is 0 Å². The number of aryl methyl sites for hydroxylation is 3. The predicted molar refractivity (Wildman–Crippen MR) is 111 cm³/mol. The number of hydrogen-bond acceptors (Lipinski definition) is 2. The fourth-order valence-electron chi connectivity index (χ4n) is 4.04. The lowest BCUT2D eigenvalue weighted by Gasteiger charge is -2.14. The number of imide groups is 1. The average Bonchev–Trinajstić information content (AvgIpc) is 2.93. The summed E-state index contributed by atoms with van der Waals surface area (Å²) in [7, 11) is 0. The van der Waals surface area contributed by atoms with Crippen molar-refractivity contribution in [1.82, 2.24) is 4.90 Å². The molecule has 2 amide bonds. The van der Waals surface area contributed by atoms with E-state index in [4.69, 9.17) is 0 Å². The highest BCUT2D eigenvalue weighted by Gasteiger charge is 2.34. The van der Waals surface area contributed by atoms with E-state index >= 15 is 0 Å². The molecule has 3 heteroatoms. The fraction of sp³-hybridized carbons (Fsp3) is 0.200. The molecule has 0 radical (unpaired) electrons. The lowest BCUT2D eigenvalue weighted by molar-refractivity contribution is 0.0652. The molecular formula is C25H23NO2. The Balaban J connectivity index is 1.46. The summed E-state index contributed by atoms with van der Waals surface area (Å²) in [6.45, 7) is 4.72. The van der Waals surface area contributed by atoms with Crippen LogP contribution in [0.2, 0.25) is 0 Å². The largest absolute Gasteiger partial charge is 0.274 e. The smallest absolute Gasteiger partial charge is 0.261 e. The van der Waals surface area contributed by atoms with Crippen molar-refractivity contribution in [3.05, 3.63) is 94.5 Å². The molecule has 140 valence electrons. The first-order chi connectivity index (χ1) is 13.6. The summed E-state index contributed by atoms with van der Waals surface area (Å²) in [4.78, 5) is 26.3. The number of rotatable bonds is 5. The molecule has 0 saturated heterocycles. The van der Waals surface area contributed by atoms with Gasteiger partial charge in [-0.15, -0.1) is 0 Å². The molecule has 1 aliphatic heterocycles. The van der Waals surface area contributed by atoms with Crippen molar-refractivity contribution < 1.29 is 9.59 Å². The minimum atomic E-state index is -0.176. The van der Waals surface area contributed by atoms with E-state index in [-0.39, 0.29) is 11.8 Å². The van der Waals surface area contributed by atoms with Gasteiger partial charge in [0.25, 0.3) is 11.8 Å². The highest BCUT2D eigenvalue weighted by atomic mass is 16.2. The number of carbonyl (C=O) groups excluding carboxylic acids is 2. The Labute approximate surface area is 165 Å². The zero-order valence-electron chi connectivity index (χ0n) is 16.2. The summed E-state index contributed by atoms with van der Waals surface area (Å²) in [5.74, 6) is -0.352. The molecule has 0 aromatic heterocycles. The van der Waals surface area contributed by atoms with Crippen molar-refractivity contribution in [2.45, 2.75) is 26.7 Å². The van der Waals surface area contributed by atoms with Crippen molar-refractivity contribution in [3.63, 3.8) is 0 Å². The predicted octanol–water partition coefficient (Wildman–Crippen LogP) is 5.20. The van der Waals surface area contributed by atoms with Gasteiger partial charge in [0, 0.05) is 6.54 Å². The van der Waals surface area contributed by atoms with E-state index in [1.165, 1.54) is 32.7 Å². The van der Waals surface area contributed by atoms with Gasteiger partial charge in [-0.3, -0.25) is 14.5 Å². The lowest BCUT2D eigenvalue weighted by atomic mass is 9.94. The quantitative estimate of drug-likeness (QED) is 0.580. The number of amides is 2.